The third-order valence-electron chi connectivity index (χ3n) is 6.32. The van der Waals surface area contributed by atoms with Gasteiger partial charge < -0.3 is 19.3 Å². The van der Waals surface area contributed by atoms with Gasteiger partial charge in [0.2, 0.25) is 6.79 Å². The number of benzene rings is 3. The molecule has 3 aromatic carbocycles. The van der Waals surface area contributed by atoms with Gasteiger partial charge >= 0.3 is 5.97 Å². The van der Waals surface area contributed by atoms with Crippen molar-refractivity contribution in [2.24, 2.45) is 0 Å². The lowest BCUT2D eigenvalue weighted by Gasteiger charge is -2.26. The normalized spacial score (nSPS) is 17.8. The molecule has 8 nitrogen and oxygen atoms in total. The number of fused-ring (bicyclic) bond motifs is 1. The van der Waals surface area contributed by atoms with Gasteiger partial charge in [0, 0.05) is 11.3 Å². The van der Waals surface area contributed by atoms with Crippen LogP contribution in [0.1, 0.15) is 35.2 Å². The number of anilines is 1. The van der Waals surface area contributed by atoms with Crippen LogP contribution in [-0.2, 0) is 25.5 Å². The third kappa shape index (κ3) is 4.53. The molecule has 2 aliphatic heterocycles. The number of ether oxygens (including phenoxy) is 3. The molecule has 5 rings (SSSR count). The molecule has 0 radical (unpaired) electrons. The summed E-state index contributed by atoms with van der Waals surface area (Å²) in [5, 5.41) is 11.3. The molecule has 1 atom stereocenters. The van der Waals surface area contributed by atoms with Crippen molar-refractivity contribution in [1.82, 2.24) is 0 Å². The Bertz CT molecular complexity index is 1420. The zero-order chi connectivity index (χ0) is 26.1. The van der Waals surface area contributed by atoms with E-state index in [0.717, 1.165) is 5.56 Å². The Hall–Kier alpha value is -4.59. The first-order valence-electron chi connectivity index (χ1n) is 11.9. The Morgan fingerprint density at radius 2 is 1.78 bits per heavy atom. The number of carbonyl (C=O) groups excluding carboxylic acids is 3. The molecule has 0 aromatic heterocycles. The summed E-state index contributed by atoms with van der Waals surface area (Å²) in [6, 6.07) is 18.3. The van der Waals surface area contributed by atoms with Gasteiger partial charge in [0.1, 0.15) is 5.76 Å². The highest BCUT2D eigenvalue weighted by Gasteiger charge is 2.47. The molecule has 1 fully saturated rings. The van der Waals surface area contributed by atoms with Gasteiger partial charge in [0.25, 0.3) is 11.7 Å². The fourth-order valence-electron chi connectivity index (χ4n) is 4.61. The quantitative estimate of drug-likeness (QED) is 0.231. The molecule has 1 N–H and O–H groups in total. The lowest BCUT2D eigenvalue weighted by atomic mass is 9.94. The van der Waals surface area contributed by atoms with E-state index in [4.69, 9.17) is 14.2 Å². The maximum atomic E-state index is 13.4. The van der Waals surface area contributed by atoms with E-state index < -0.39 is 17.7 Å². The standard InChI is InChI=1S/C29H25NO7/c1-3-35-24(31)14-18-7-10-21(11-8-18)30-26(19-6-4-5-17(2)13-19)25(28(33)29(30)34)27(32)20-9-12-22-23(15-20)37-16-36-22/h4-13,15,26,32H,3,14,16H2,1-2H3/b27-25-. The molecule has 1 unspecified atom stereocenters. The number of ketones is 1. The van der Waals surface area contributed by atoms with Crippen molar-refractivity contribution in [3.63, 3.8) is 0 Å². The summed E-state index contributed by atoms with van der Waals surface area (Å²) < 4.78 is 15.8. The van der Waals surface area contributed by atoms with E-state index >= 15 is 0 Å². The highest BCUT2D eigenvalue weighted by molar-refractivity contribution is 6.51. The summed E-state index contributed by atoms with van der Waals surface area (Å²) in [4.78, 5) is 40.0. The maximum Gasteiger partial charge on any atom is 0.310 e. The summed E-state index contributed by atoms with van der Waals surface area (Å²) in [5.41, 5.74) is 3.11. The predicted octanol–water partition coefficient (Wildman–Crippen LogP) is 4.46. The van der Waals surface area contributed by atoms with Crippen LogP contribution in [0.5, 0.6) is 11.5 Å². The molecular weight excluding hydrogens is 474 g/mol. The molecule has 8 heteroatoms. The second-order valence-corrected chi connectivity index (χ2v) is 8.80. The van der Waals surface area contributed by atoms with Crippen LogP contribution in [0.3, 0.4) is 0 Å². The van der Waals surface area contributed by atoms with Gasteiger partial charge in [0.05, 0.1) is 24.6 Å². The van der Waals surface area contributed by atoms with E-state index in [9.17, 15) is 19.5 Å². The number of aliphatic hydroxyl groups is 1. The monoisotopic (exact) mass is 499 g/mol. The van der Waals surface area contributed by atoms with Gasteiger partial charge in [-0.15, -0.1) is 0 Å². The number of esters is 1. The van der Waals surface area contributed by atoms with Gasteiger partial charge in [-0.3, -0.25) is 19.3 Å². The Morgan fingerprint density at radius 1 is 1.03 bits per heavy atom. The predicted molar refractivity (Wildman–Crippen MR) is 135 cm³/mol. The van der Waals surface area contributed by atoms with Crippen molar-refractivity contribution < 1.29 is 33.7 Å². The van der Waals surface area contributed by atoms with Crippen molar-refractivity contribution in [1.29, 1.82) is 0 Å². The molecule has 2 heterocycles. The molecule has 1 amide bonds. The summed E-state index contributed by atoms with van der Waals surface area (Å²) >= 11 is 0. The largest absolute Gasteiger partial charge is 0.507 e. The average Bonchev–Trinajstić information content (AvgIpc) is 3.46. The molecular formula is C29H25NO7. The number of aliphatic hydroxyl groups excluding tert-OH is 1. The zero-order valence-electron chi connectivity index (χ0n) is 20.4. The first kappa shape index (κ1) is 24.1. The SMILES string of the molecule is CCOC(=O)Cc1ccc(N2C(=O)C(=O)/C(=C(\O)c3ccc4c(c3)OCO4)C2c2cccc(C)c2)cc1. The third-order valence-corrected chi connectivity index (χ3v) is 6.32. The van der Waals surface area contributed by atoms with Crippen LogP contribution < -0.4 is 14.4 Å². The molecule has 3 aromatic rings. The first-order chi connectivity index (χ1) is 17.9. The second kappa shape index (κ2) is 9.81. The number of Topliss-reactive ketones (excluding diaryl/α,β-unsaturated/α-hetero) is 1. The van der Waals surface area contributed by atoms with Crippen LogP contribution in [0, 0.1) is 6.92 Å². The molecule has 2 aliphatic rings. The van der Waals surface area contributed by atoms with Crippen LogP contribution in [0.4, 0.5) is 5.69 Å². The highest BCUT2D eigenvalue weighted by atomic mass is 16.7. The van der Waals surface area contributed by atoms with E-state index in [1.54, 1.807) is 49.4 Å². The molecule has 0 bridgehead atoms. The Morgan fingerprint density at radius 3 is 2.51 bits per heavy atom. The summed E-state index contributed by atoms with van der Waals surface area (Å²) in [7, 11) is 0. The van der Waals surface area contributed by atoms with E-state index in [-0.39, 0.29) is 30.5 Å². The van der Waals surface area contributed by atoms with Crippen LogP contribution in [0.25, 0.3) is 5.76 Å². The minimum Gasteiger partial charge on any atom is -0.507 e. The van der Waals surface area contributed by atoms with Crippen molar-refractivity contribution in [2.45, 2.75) is 26.3 Å². The second-order valence-electron chi connectivity index (χ2n) is 8.80. The Balaban J connectivity index is 1.59. The van der Waals surface area contributed by atoms with E-state index in [2.05, 4.69) is 0 Å². The maximum absolute atomic E-state index is 13.4. The van der Waals surface area contributed by atoms with Crippen LogP contribution in [-0.4, -0.2) is 36.2 Å². The number of hydrogen-bond donors (Lipinski definition) is 1. The lowest BCUT2D eigenvalue weighted by Crippen LogP contribution is -2.29. The van der Waals surface area contributed by atoms with E-state index in [1.165, 1.54) is 4.90 Å². The van der Waals surface area contributed by atoms with Gasteiger partial charge in [-0.25, -0.2) is 0 Å². The smallest absolute Gasteiger partial charge is 0.310 e. The van der Waals surface area contributed by atoms with Crippen LogP contribution in [0.2, 0.25) is 0 Å². The van der Waals surface area contributed by atoms with Crippen molar-refractivity contribution in [2.75, 3.05) is 18.3 Å². The van der Waals surface area contributed by atoms with Crippen molar-refractivity contribution in [3.05, 3.63) is 94.6 Å². The fraction of sp³-hybridized carbons (Fsp3) is 0.207. The number of amides is 1. The number of aryl methyl sites for hydroxylation is 1. The van der Waals surface area contributed by atoms with Crippen molar-refractivity contribution in [3.8, 4) is 11.5 Å². The molecule has 188 valence electrons. The number of nitrogens with zero attached hydrogens (tertiary/aromatic N) is 1. The zero-order valence-corrected chi connectivity index (χ0v) is 20.4. The molecule has 1 saturated heterocycles. The van der Waals surface area contributed by atoms with E-state index in [1.807, 2.05) is 31.2 Å². The topological polar surface area (TPSA) is 102 Å². The van der Waals surface area contributed by atoms with Gasteiger partial charge in [-0.05, 0) is 55.3 Å². The average molecular weight is 500 g/mol. The van der Waals surface area contributed by atoms with Crippen LogP contribution in [0.15, 0.2) is 72.3 Å². The number of carbonyl (C=O) groups is 3. The molecule has 37 heavy (non-hydrogen) atoms. The van der Waals surface area contributed by atoms with Gasteiger partial charge in [0.15, 0.2) is 11.5 Å². The Labute approximate surface area is 213 Å². The molecule has 0 saturated carbocycles. The number of rotatable bonds is 6. The van der Waals surface area contributed by atoms with E-state index in [0.29, 0.717) is 40.5 Å². The summed E-state index contributed by atoms with van der Waals surface area (Å²) in [6.07, 6.45) is 0.0956. The fourth-order valence-corrected chi connectivity index (χ4v) is 4.61. The van der Waals surface area contributed by atoms with Gasteiger partial charge in [-0.2, -0.15) is 0 Å². The Kier molecular flexibility index (Phi) is 6.40. The van der Waals surface area contributed by atoms with Gasteiger partial charge in [-0.1, -0.05) is 42.0 Å². The van der Waals surface area contributed by atoms with Crippen LogP contribution >= 0.6 is 0 Å². The number of hydrogen-bond acceptors (Lipinski definition) is 7. The highest BCUT2D eigenvalue weighted by Crippen LogP contribution is 2.43. The summed E-state index contributed by atoms with van der Waals surface area (Å²) in [5.74, 6) is -1.22. The minimum atomic E-state index is -0.860. The molecule has 0 spiro atoms. The first-order valence-corrected chi connectivity index (χ1v) is 11.9. The van der Waals surface area contributed by atoms with Crippen molar-refractivity contribution >= 4 is 29.1 Å². The summed E-state index contributed by atoms with van der Waals surface area (Å²) in [6.45, 7) is 4.02. The lowest BCUT2D eigenvalue weighted by molar-refractivity contribution is -0.142. The molecule has 0 aliphatic carbocycles. The minimum absolute atomic E-state index is 0.0231.